The van der Waals surface area contributed by atoms with Crippen molar-refractivity contribution in [2.24, 2.45) is 0 Å². The van der Waals surface area contributed by atoms with Crippen LogP contribution in [-0.2, 0) is 22.4 Å². The van der Waals surface area contributed by atoms with Gasteiger partial charge in [-0.1, -0.05) is 18.2 Å². The average Bonchev–Trinajstić information content (AvgIpc) is 3.37. The number of hydrogen-bond donors (Lipinski definition) is 2. The highest BCUT2D eigenvalue weighted by molar-refractivity contribution is 7.18. The fourth-order valence-electron chi connectivity index (χ4n) is 4.56. The number of H-pyrrole nitrogens is 2. The third-order valence-electron chi connectivity index (χ3n) is 6.67. The molecule has 1 aliphatic rings. The van der Waals surface area contributed by atoms with Crippen LogP contribution in [0.25, 0.3) is 21.1 Å². The summed E-state index contributed by atoms with van der Waals surface area (Å²) in [5.74, 6) is 0.637. The molecule has 4 heterocycles. The third kappa shape index (κ3) is 4.23. The molecule has 1 aromatic carbocycles. The van der Waals surface area contributed by atoms with Gasteiger partial charge in [0.15, 0.2) is 0 Å². The first-order valence-corrected chi connectivity index (χ1v) is 12.3. The van der Waals surface area contributed by atoms with Crippen molar-refractivity contribution < 1.29 is 9.59 Å². The molecule has 176 valence electrons. The van der Waals surface area contributed by atoms with Gasteiger partial charge in [0.05, 0.1) is 11.8 Å². The topological polar surface area (TPSA) is 102 Å². The van der Waals surface area contributed by atoms with Crippen LogP contribution in [0.2, 0.25) is 0 Å². The Labute approximate surface area is 200 Å². The minimum absolute atomic E-state index is 0.0185. The van der Waals surface area contributed by atoms with Gasteiger partial charge in [-0.3, -0.25) is 14.4 Å². The SMILES string of the molecule is Cc1sc2nc(CCC(=O)N3CCN(C(=O)Cc4c[nH]c5ccccc45)CC3)[nH]c(=O)c2c1C. The fraction of sp³-hybridized carbons (Fsp3) is 0.360. The smallest absolute Gasteiger partial charge is 0.259 e. The first-order chi connectivity index (χ1) is 16.4. The van der Waals surface area contributed by atoms with Crippen LogP contribution < -0.4 is 5.56 Å². The normalized spacial score (nSPS) is 14.3. The number of rotatable bonds is 5. The number of benzene rings is 1. The number of nitrogens with one attached hydrogen (secondary N) is 2. The predicted octanol–water partition coefficient (Wildman–Crippen LogP) is 2.93. The van der Waals surface area contributed by atoms with Crippen LogP contribution in [0.15, 0.2) is 35.3 Å². The molecule has 3 aromatic heterocycles. The standard InChI is InChI=1S/C25H27N5O3S/c1-15-16(2)34-25-23(15)24(33)27-20(28-25)7-8-21(31)29-9-11-30(12-10-29)22(32)13-17-14-26-19-6-4-3-5-18(17)19/h3-6,14,26H,7-13H2,1-2H3,(H,27,28,33). The van der Waals surface area contributed by atoms with Crippen LogP contribution in [0.3, 0.4) is 0 Å². The predicted molar refractivity (Wildman–Crippen MR) is 133 cm³/mol. The zero-order chi connectivity index (χ0) is 23.8. The molecule has 0 spiro atoms. The number of carbonyl (C=O) groups is 2. The zero-order valence-electron chi connectivity index (χ0n) is 19.3. The van der Waals surface area contributed by atoms with Gasteiger partial charge in [-0.2, -0.15) is 0 Å². The lowest BCUT2D eigenvalue weighted by Gasteiger charge is -2.35. The maximum Gasteiger partial charge on any atom is 0.259 e. The van der Waals surface area contributed by atoms with Crippen LogP contribution in [0.5, 0.6) is 0 Å². The molecule has 0 aliphatic carbocycles. The first kappa shape index (κ1) is 22.3. The van der Waals surface area contributed by atoms with Gasteiger partial charge < -0.3 is 19.8 Å². The van der Waals surface area contributed by atoms with Crippen LogP contribution in [0.4, 0.5) is 0 Å². The molecule has 2 N–H and O–H groups in total. The van der Waals surface area contributed by atoms with Gasteiger partial charge in [0.1, 0.15) is 10.7 Å². The molecule has 1 fully saturated rings. The monoisotopic (exact) mass is 477 g/mol. The van der Waals surface area contributed by atoms with Crippen molar-refractivity contribution in [3.63, 3.8) is 0 Å². The van der Waals surface area contributed by atoms with Crippen LogP contribution in [-0.4, -0.2) is 62.7 Å². The summed E-state index contributed by atoms with van der Waals surface area (Å²) in [5, 5.41) is 1.72. The molecule has 0 unspecified atom stereocenters. The molecule has 0 radical (unpaired) electrons. The van der Waals surface area contributed by atoms with Crippen molar-refractivity contribution in [3.05, 3.63) is 62.6 Å². The number of piperazine rings is 1. The number of carbonyl (C=O) groups excluding carboxylic acids is 2. The summed E-state index contributed by atoms with van der Waals surface area (Å²) < 4.78 is 0. The van der Waals surface area contributed by atoms with Crippen molar-refractivity contribution in [2.75, 3.05) is 26.2 Å². The van der Waals surface area contributed by atoms with Gasteiger partial charge >= 0.3 is 0 Å². The number of aryl methyl sites for hydroxylation is 3. The summed E-state index contributed by atoms with van der Waals surface area (Å²) >= 11 is 1.51. The molecule has 1 saturated heterocycles. The fourth-order valence-corrected chi connectivity index (χ4v) is 5.61. The number of thiophene rings is 1. The zero-order valence-corrected chi connectivity index (χ0v) is 20.1. The van der Waals surface area contributed by atoms with Crippen molar-refractivity contribution in [3.8, 4) is 0 Å². The Morgan fingerprint density at radius 1 is 1.06 bits per heavy atom. The van der Waals surface area contributed by atoms with E-state index < -0.39 is 0 Å². The molecule has 34 heavy (non-hydrogen) atoms. The highest BCUT2D eigenvalue weighted by atomic mass is 32.1. The number of fused-ring (bicyclic) bond motifs is 2. The minimum Gasteiger partial charge on any atom is -0.361 e. The van der Waals surface area contributed by atoms with Gasteiger partial charge in [-0.05, 0) is 31.0 Å². The third-order valence-corrected chi connectivity index (χ3v) is 7.77. The van der Waals surface area contributed by atoms with Crippen molar-refractivity contribution >= 4 is 44.3 Å². The van der Waals surface area contributed by atoms with Crippen LogP contribution in [0, 0.1) is 13.8 Å². The van der Waals surface area contributed by atoms with E-state index in [1.165, 1.54) is 11.3 Å². The molecule has 0 atom stereocenters. The summed E-state index contributed by atoms with van der Waals surface area (Å²) in [7, 11) is 0. The van der Waals surface area contributed by atoms with Crippen molar-refractivity contribution in [2.45, 2.75) is 33.1 Å². The minimum atomic E-state index is -0.142. The van der Waals surface area contributed by atoms with Gasteiger partial charge in [-0.25, -0.2) is 4.98 Å². The number of aromatic nitrogens is 3. The lowest BCUT2D eigenvalue weighted by Crippen LogP contribution is -2.51. The Hall–Kier alpha value is -3.46. The Kier molecular flexibility index (Phi) is 5.95. The number of amides is 2. The lowest BCUT2D eigenvalue weighted by molar-refractivity contribution is -0.139. The van der Waals surface area contributed by atoms with E-state index in [0.29, 0.717) is 50.2 Å². The second-order valence-electron chi connectivity index (χ2n) is 8.77. The first-order valence-electron chi connectivity index (χ1n) is 11.5. The summed E-state index contributed by atoms with van der Waals surface area (Å²) in [6, 6.07) is 7.96. The number of para-hydroxylation sites is 1. The van der Waals surface area contributed by atoms with E-state index in [0.717, 1.165) is 31.7 Å². The highest BCUT2D eigenvalue weighted by Gasteiger charge is 2.25. The molecule has 9 heteroatoms. The number of nitrogens with zero attached hydrogens (tertiary/aromatic N) is 3. The Bertz CT molecular complexity index is 1440. The van der Waals surface area contributed by atoms with Gasteiger partial charge in [0.25, 0.3) is 5.56 Å². The molecule has 4 aromatic rings. The van der Waals surface area contributed by atoms with Gasteiger partial charge in [0, 0.05) is 61.0 Å². The summed E-state index contributed by atoms with van der Waals surface area (Å²) in [5.41, 5.74) is 2.85. The Morgan fingerprint density at radius 2 is 1.76 bits per heavy atom. The maximum absolute atomic E-state index is 12.8. The molecule has 2 amide bonds. The lowest BCUT2D eigenvalue weighted by atomic mass is 10.1. The quantitative estimate of drug-likeness (QED) is 0.461. The molecule has 0 bridgehead atoms. The van der Waals surface area contributed by atoms with E-state index in [1.54, 1.807) is 4.90 Å². The summed E-state index contributed by atoms with van der Waals surface area (Å²) in [6.45, 7) is 6.01. The second kappa shape index (κ2) is 9.06. The molecule has 8 nitrogen and oxygen atoms in total. The van der Waals surface area contributed by atoms with Crippen molar-refractivity contribution in [1.82, 2.24) is 24.8 Å². The number of hydrogen-bond acceptors (Lipinski definition) is 5. The largest absolute Gasteiger partial charge is 0.361 e. The summed E-state index contributed by atoms with van der Waals surface area (Å²) in [6.07, 6.45) is 2.92. The van der Waals surface area contributed by atoms with Gasteiger partial charge in [0.2, 0.25) is 11.8 Å². The van der Waals surface area contributed by atoms with E-state index >= 15 is 0 Å². The highest BCUT2D eigenvalue weighted by Crippen LogP contribution is 2.26. The van der Waals surface area contributed by atoms with E-state index in [1.807, 2.05) is 49.2 Å². The molecule has 0 saturated carbocycles. The van der Waals surface area contributed by atoms with Crippen LogP contribution in [0.1, 0.15) is 28.2 Å². The Morgan fingerprint density at radius 3 is 2.53 bits per heavy atom. The average molecular weight is 478 g/mol. The second-order valence-corrected chi connectivity index (χ2v) is 9.98. The Balaban J connectivity index is 1.15. The molecule has 1 aliphatic heterocycles. The van der Waals surface area contributed by atoms with E-state index in [2.05, 4.69) is 15.0 Å². The molecule has 5 rings (SSSR count). The molecular formula is C25H27N5O3S. The molecular weight excluding hydrogens is 450 g/mol. The number of aromatic amines is 2. The van der Waals surface area contributed by atoms with E-state index in [-0.39, 0.29) is 23.8 Å². The summed E-state index contributed by atoms with van der Waals surface area (Å²) in [4.78, 5) is 54.1. The maximum atomic E-state index is 12.8. The van der Waals surface area contributed by atoms with E-state index in [9.17, 15) is 14.4 Å². The van der Waals surface area contributed by atoms with Crippen LogP contribution >= 0.6 is 11.3 Å². The van der Waals surface area contributed by atoms with Crippen molar-refractivity contribution in [1.29, 1.82) is 0 Å². The van der Waals surface area contributed by atoms with Gasteiger partial charge in [-0.15, -0.1) is 11.3 Å². The van der Waals surface area contributed by atoms with E-state index in [4.69, 9.17) is 0 Å².